The van der Waals surface area contributed by atoms with Crippen molar-refractivity contribution in [2.24, 2.45) is 0 Å². The molecule has 56 heavy (non-hydrogen) atoms. The lowest BCUT2D eigenvalue weighted by Crippen LogP contribution is -2.40. The van der Waals surface area contributed by atoms with Crippen LogP contribution in [0.2, 0.25) is 0 Å². The largest absolute Gasteiger partial charge is 0.445 e. The van der Waals surface area contributed by atoms with Crippen molar-refractivity contribution in [2.45, 2.75) is 211 Å². The van der Waals surface area contributed by atoms with Gasteiger partial charge in [0.1, 0.15) is 24.9 Å². The summed E-state index contributed by atoms with van der Waals surface area (Å²) in [6.07, 6.45) is 49.4. The van der Waals surface area contributed by atoms with E-state index in [-0.39, 0.29) is 24.9 Å². The van der Waals surface area contributed by atoms with Crippen molar-refractivity contribution in [3.63, 3.8) is 0 Å². The Kier molecular flexibility index (Phi) is 27.5. The lowest BCUT2D eigenvalue weighted by atomic mass is 9.98. The Morgan fingerprint density at radius 3 is 1.64 bits per heavy atom. The summed E-state index contributed by atoms with van der Waals surface area (Å²) in [5.74, 6) is -0.546. The van der Waals surface area contributed by atoms with Gasteiger partial charge in [-0.15, -0.1) is 0 Å². The normalized spacial score (nSPS) is 19.3. The minimum absolute atomic E-state index is 0.0867. The van der Waals surface area contributed by atoms with Crippen molar-refractivity contribution < 1.29 is 23.7 Å². The summed E-state index contributed by atoms with van der Waals surface area (Å²) < 4.78 is 25.1. The summed E-state index contributed by atoms with van der Waals surface area (Å²) in [4.78, 5) is 12.5. The lowest BCUT2D eigenvalue weighted by molar-refractivity contribution is -0.208. The highest BCUT2D eigenvalue weighted by Gasteiger charge is 2.53. The number of benzene rings is 1. The summed E-state index contributed by atoms with van der Waals surface area (Å²) >= 11 is 0. The summed E-state index contributed by atoms with van der Waals surface area (Å²) in [5.41, 5.74) is 0.963. The molecule has 1 aromatic rings. The van der Waals surface area contributed by atoms with Crippen molar-refractivity contribution in [1.29, 1.82) is 0 Å². The molecule has 3 atom stereocenters. The Morgan fingerprint density at radius 2 is 1.12 bits per heavy atom. The van der Waals surface area contributed by atoms with Crippen LogP contribution in [0.15, 0.2) is 78.9 Å². The Balaban J connectivity index is 1.33. The number of rotatable bonds is 34. The molecule has 2 aliphatic heterocycles. The van der Waals surface area contributed by atoms with E-state index >= 15 is 0 Å². The zero-order chi connectivity index (χ0) is 39.6. The van der Waals surface area contributed by atoms with E-state index in [9.17, 15) is 4.79 Å². The van der Waals surface area contributed by atoms with E-state index in [1.165, 1.54) is 128 Å². The fourth-order valence-electron chi connectivity index (χ4n) is 7.71. The lowest BCUT2D eigenvalue weighted by Gasteiger charge is -2.30. The van der Waals surface area contributed by atoms with Crippen molar-refractivity contribution in [3.05, 3.63) is 84.5 Å². The molecule has 2 aliphatic rings. The predicted molar refractivity (Wildman–Crippen MR) is 235 cm³/mol. The number of hydrogen-bond acceptors (Lipinski definition) is 5. The molecule has 0 unspecified atom stereocenters. The minimum atomic E-state index is -0.546. The van der Waals surface area contributed by atoms with Crippen LogP contribution in [0.3, 0.4) is 0 Å². The van der Waals surface area contributed by atoms with E-state index in [0.717, 1.165) is 44.1 Å². The predicted octanol–water partition coefficient (Wildman–Crippen LogP) is 14.2. The van der Waals surface area contributed by atoms with Gasteiger partial charge in [-0.2, -0.15) is 0 Å². The second kappa shape index (κ2) is 32.3. The second-order valence-electron chi connectivity index (χ2n) is 16.1. The van der Waals surface area contributed by atoms with E-state index in [1.54, 1.807) is 0 Å². The van der Waals surface area contributed by atoms with Crippen LogP contribution in [0.4, 0.5) is 4.79 Å². The molecule has 6 heteroatoms. The summed E-state index contributed by atoms with van der Waals surface area (Å²) in [7, 11) is 0. The smallest absolute Gasteiger partial charge is 0.407 e. The molecule has 0 bridgehead atoms. The summed E-state index contributed by atoms with van der Waals surface area (Å²) in [6, 6.07) is 9.74. The fraction of sp³-hybridized carbons (Fsp3) is 0.700. The van der Waals surface area contributed by atoms with E-state index in [4.69, 9.17) is 18.9 Å². The van der Waals surface area contributed by atoms with Gasteiger partial charge in [0.2, 0.25) is 0 Å². The fourth-order valence-corrected chi connectivity index (χ4v) is 7.71. The van der Waals surface area contributed by atoms with Crippen LogP contribution in [-0.2, 0) is 25.6 Å². The van der Waals surface area contributed by atoms with Crippen molar-refractivity contribution in [1.82, 2.24) is 5.32 Å². The maximum absolute atomic E-state index is 12.5. The Morgan fingerprint density at radius 1 is 0.643 bits per heavy atom. The molecule has 0 saturated carbocycles. The zero-order valence-electron chi connectivity index (χ0n) is 35.8. The molecule has 0 spiro atoms. The van der Waals surface area contributed by atoms with E-state index in [0.29, 0.717) is 13.2 Å². The number of nitrogens with one attached hydrogen (secondary N) is 1. The first-order valence-corrected chi connectivity index (χ1v) is 23.2. The van der Waals surface area contributed by atoms with E-state index in [1.807, 2.05) is 30.3 Å². The van der Waals surface area contributed by atoms with Gasteiger partial charge in [-0.3, -0.25) is 0 Å². The third-order valence-electron chi connectivity index (χ3n) is 11.1. The first-order chi connectivity index (χ1) is 27.7. The quantitative estimate of drug-likeness (QED) is 0.0558. The Labute approximate surface area is 343 Å². The van der Waals surface area contributed by atoms with Crippen LogP contribution in [0, 0.1) is 0 Å². The van der Waals surface area contributed by atoms with E-state index in [2.05, 4.69) is 67.8 Å². The average Bonchev–Trinajstić information content (AvgIpc) is 3.77. The maximum Gasteiger partial charge on any atom is 0.407 e. The van der Waals surface area contributed by atoms with Gasteiger partial charge in [-0.05, 0) is 82.6 Å². The van der Waals surface area contributed by atoms with Gasteiger partial charge in [0.05, 0.1) is 6.61 Å². The molecular formula is C50H81NO5. The van der Waals surface area contributed by atoms with Crippen LogP contribution < -0.4 is 5.32 Å². The molecule has 1 N–H and O–H groups in total. The van der Waals surface area contributed by atoms with Gasteiger partial charge < -0.3 is 24.3 Å². The minimum Gasteiger partial charge on any atom is -0.445 e. The highest BCUT2D eigenvalue weighted by Crippen LogP contribution is 2.42. The van der Waals surface area contributed by atoms with Crippen LogP contribution in [0.1, 0.15) is 186 Å². The highest BCUT2D eigenvalue weighted by molar-refractivity contribution is 5.67. The molecule has 0 aromatic heterocycles. The third kappa shape index (κ3) is 22.3. The molecule has 0 aliphatic carbocycles. The number of allylic oxidation sites excluding steroid dienone is 8. The van der Waals surface area contributed by atoms with Crippen molar-refractivity contribution >= 4 is 6.09 Å². The molecule has 2 fully saturated rings. The van der Waals surface area contributed by atoms with Gasteiger partial charge in [0.25, 0.3) is 0 Å². The molecular weight excluding hydrogens is 695 g/mol. The Bertz CT molecular complexity index is 1160. The molecule has 1 aromatic carbocycles. The number of fused-ring (bicyclic) bond motifs is 1. The maximum atomic E-state index is 12.5. The van der Waals surface area contributed by atoms with Gasteiger partial charge in [0.15, 0.2) is 5.79 Å². The van der Waals surface area contributed by atoms with Crippen LogP contribution >= 0.6 is 0 Å². The van der Waals surface area contributed by atoms with Crippen LogP contribution in [0.25, 0.3) is 0 Å². The van der Waals surface area contributed by atoms with Crippen molar-refractivity contribution in [2.75, 3.05) is 13.2 Å². The number of alkyl carbamates (subject to hydrolysis) is 1. The second-order valence-corrected chi connectivity index (χ2v) is 16.1. The van der Waals surface area contributed by atoms with Gasteiger partial charge >= 0.3 is 6.09 Å². The Hall–Kier alpha value is -2.67. The average molecular weight is 776 g/mol. The number of amides is 1. The summed E-state index contributed by atoms with van der Waals surface area (Å²) in [5, 5.41) is 2.90. The van der Waals surface area contributed by atoms with Crippen LogP contribution in [-0.4, -0.2) is 43.3 Å². The van der Waals surface area contributed by atoms with Crippen LogP contribution in [0.5, 0.6) is 0 Å². The number of carbonyl (C=O) groups is 1. The topological polar surface area (TPSA) is 66.0 Å². The molecule has 0 radical (unpaired) electrons. The number of unbranched alkanes of at least 4 members (excludes halogenated alkanes) is 18. The molecule has 6 nitrogen and oxygen atoms in total. The SMILES string of the molecule is CCCCC/C=C\C/C=C\CCCCCCCCC1(CCCCCCCC/C=C\C/C=C\CCCCC)O[C@H]2[C@H](CNC(=O)OCc3ccccc3)OC[C@H]2O1. The van der Waals surface area contributed by atoms with Crippen molar-refractivity contribution in [3.8, 4) is 0 Å². The number of ether oxygens (including phenoxy) is 4. The standard InChI is InChI=1S/C50H81NO5/c1-3-5-7-9-11-13-15-17-19-21-23-25-27-29-31-36-40-50(41-37-32-30-28-26-24-22-20-18-16-14-12-10-8-6-4-2)55-47-44-53-46(48(47)56-50)42-51-49(52)54-43-45-38-34-33-35-39-45/h11-14,17-20,33-35,38-39,46-48H,3-10,15-16,21-32,36-37,40-44H2,1-2H3,(H,51,52)/b13-11-,14-12-,19-17-,20-18-/t46-,47+,48-/m0/s1. The van der Waals surface area contributed by atoms with Gasteiger partial charge in [-0.25, -0.2) is 4.79 Å². The first kappa shape index (κ1) is 47.7. The third-order valence-corrected chi connectivity index (χ3v) is 11.1. The molecule has 2 saturated heterocycles. The van der Waals surface area contributed by atoms with E-state index < -0.39 is 11.9 Å². The molecule has 2 heterocycles. The van der Waals surface area contributed by atoms with Gasteiger partial charge in [0, 0.05) is 19.4 Å². The highest BCUT2D eigenvalue weighted by atomic mass is 16.8. The molecule has 316 valence electrons. The number of carbonyl (C=O) groups excluding carboxylic acids is 1. The number of hydrogen-bond donors (Lipinski definition) is 1. The van der Waals surface area contributed by atoms with Gasteiger partial charge in [-0.1, -0.05) is 170 Å². The molecule has 3 rings (SSSR count). The summed E-state index contributed by atoms with van der Waals surface area (Å²) in [6.45, 7) is 5.62. The molecule has 1 amide bonds. The first-order valence-electron chi connectivity index (χ1n) is 23.2. The zero-order valence-corrected chi connectivity index (χ0v) is 35.8. The monoisotopic (exact) mass is 776 g/mol.